The Kier molecular flexibility index (Phi) is 10.7. The number of ether oxygens (including phenoxy) is 1. The summed E-state index contributed by atoms with van der Waals surface area (Å²) < 4.78 is 5.42. The molecule has 0 bridgehead atoms. The molecule has 20 heavy (non-hydrogen) atoms. The molecule has 0 unspecified atom stereocenters. The van der Waals surface area contributed by atoms with E-state index in [9.17, 15) is 4.79 Å². The Bertz CT molecular complexity index is 417. The van der Waals surface area contributed by atoms with Gasteiger partial charge in [0.2, 0.25) is 5.91 Å². The van der Waals surface area contributed by atoms with Crippen molar-refractivity contribution < 1.29 is 9.53 Å². The second-order valence-electron chi connectivity index (χ2n) is 3.88. The van der Waals surface area contributed by atoms with Crippen molar-refractivity contribution in [2.75, 3.05) is 26.2 Å². The molecular weight excluding hydrogens is 323 g/mol. The van der Waals surface area contributed by atoms with Crippen LogP contribution in [0.5, 0.6) is 5.75 Å². The minimum Gasteiger partial charge on any atom is -0.491 e. The summed E-state index contributed by atoms with van der Waals surface area (Å²) in [5.41, 5.74) is 0. The minimum atomic E-state index is -0.0389. The van der Waals surface area contributed by atoms with Gasteiger partial charge in [-0.25, -0.2) is 0 Å². The zero-order chi connectivity index (χ0) is 14.1. The Hall–Kier alpha value is -0.680. The smallest absolute Gasteiger partial charge is 0.223 e. The number of likely N-dealkylation sites (N-methyl/N-ethyl adjacent to an activating group) is 1. The van der Waals surface area contributed by atoms with Gasteiger partial charge in [0.25, 0.3) is 0 Å². The van der Waals surface area contributed by atoms with Gasteiger partial charge in [0.05, 0.1) is 18.1 Å². The second-order valence-corrected chi connectivity index (χ2v) is 4.72. The van der Waals surface area contributed by atoms with E-state index in [0.717, 1.165) is 13.1 Å². The maximum Gasteiger partial charge on any atom is 0.223 e. The van der Waals surface area contributed by atoms with Crippen LogP contribution in [0.1, 0.15) is 13.3 Å². The first-order valence-electron chi connectivity index (χ1n) is 6.18. The molecule has 0 atom stereocenters. The van der Waals surface area contributed by atoms with E-state index in [1.54, 1.807) is 18.2 Å². The van der Waals surface area contributed by atoms with E-state index < -0.39 is 0 Å². The quantitative estimate of drug-likeness (QED) is 0.715. The van der Waals surface area contributed by atoms with Crippen LogP contribution in [-0.4, -0.2) is 32.1 Å². The van der Waals surface area contributed by atoms with Crippen LogP contribution in [0.2, 0.25) is 10.0 Å². The molecule has 0 aliphatic heterocycles. The second kappa shape index (κ2) is 11.0. The molecule has 0 fully saturated rings. The van der Waals surface area contributed by atoms with Gasteiger partial charge in [-0.3, -0.25) is 4.79 Å². The summed E-state index contributed by atoms with van der Waals surface area (Å²) in [6.45, 7) is 4.59. The summed E-state index contributed by atoms with van der Waals surface area (Å²) in [4.78, 5) is 11.5. The standard InChI is InChI=1S/C13H18Cl2N2O2.ClH/c1-2-16-6-7-17-13(18)5-8-19-12-4-3-10(14)9-11(12)15;/h3-4,9,16H,2,5-8H2,1H3,(H,17,18);1H. The molecule has 2 N–H and O–H groups in total. The number of hydrogen-bond acceptors (Lipinski definition) is 3. The van der Waals surface area contributed by atoms with Crippen LogP contribution in [0, 0.1) is 0 Å². The molecule has 0 aliphatic rings. The normalized spacial score (nSPS) is 9.75. The van der Waals surface area contributed by atoms with Gasteiger partial charge in [-0.1, -0.05) is 30.1 Å². The van der Waals surface area contributed by atoms with Crippen molar-refractivity contribution in [3.8, 4) is 5.75 Å². The highest BCUT2D eigenvalue weighted by molar-refractivity contribution is 6.35. The first-order valence-corrected chi connectivity index (χ1v) is 6.94. The number of benzene rings is 1. The Morgan fingerprint density at radius 2 is 2.05 bits per heavy atom. The number of rotatable bonds is 8. The summed E-state index contributed by atoms with van der Waals surface area (Å²) in [5.74, 6) is 0.495. The number of amides is 1. The zero-order valence-electron chi connectivity index (χ0n) is 11.2. The topological polar surface area (TPSA) is 50.4 Å². The van der Waals surface area contributed by atoms with Crippen molar-refractivity contribution in [1.82, 2.24) is 10.6 Å². The van der Waals surface area contributed by atoms with Crippen molar-refractivity contribution in [2.45, 2.75) is 13.3 Å². The van der Waals surface area contributed by atoms with E-state index in [2.05, 4.69) is 10.6 Å². The minimum absolute atomic E-state index is 0. The predicted octanol–water partition coefficient (Wildman–Crippen LogP) is 2.91. The summed E-state index contributed by atoms with van der Waals surface area (Å²) in [6.07, 6.45) is 0.297. The molecule has 7 heteroatoms. The SMILES string of the molecule is CCNCCNC(=O)CCOc1ccc(Cl)cc1Cl.Cl. The van der Waals surface area contributed by atoms with E-state index in [4.69, 9.17) is 27.9 Å². The average molecular weight is 342 g/mol. The molecule has 0 saturated heterocycles. The fourth-order valence-corrected chi connectivity index (χ4v) is 1.86. The van der Waals surface area contributed by atoms with Crippen molar-refractivity contribution in [3.05, 3.63) is 28.2 Å². The van der Waals surface area contributed by atoms with E-state index in [1.807, 2.05) is 6.92 Å². The van der Waals surface area contributed by atoms with E-state index >= 15 is 0 Å². The maximum absolute atomic E-state index is 11.5. The number of carbonyl (C=O) groups is 1. The highest BCUT2D eigenvalue weighted by atomic mass is 35.5. The van der Waals surface area contributed by atoms with E-state index in [1.165, 1.54) is 0 Å². The fourth-order valence-electron chi connectivity index (χ4n) is 1.40. The summed E-state index contributed by atoms with van der Waals surface area (Å²) in [7, 11) is 0. The van der Waals surface area contributed by atoms with Gasteiger partial charge in [-0.15, -0.1) is 12.4 Å². The van der Waals surface area contributed by atoms with E-state index in [0.29, 0.717) is 28.8 Å². The lowest BCUT2D eigenvalue weighted by atomic mass is 10.3. The Morgan fingerprint density at radius 1 is 1.30 bits per heavy atom. The van der Waals surface area contributed by atoms with Crippen molar-refractivity contribution >= 4 is 41.5 Å². The third kappa shape index (κ3) is 7.80. The van der Waals surface area contributed by atoms with Crippen molar-refractivity contribution in [2.24, 2.45) is 0 Å². The molecule has 0 heterocycles. The highest BCUT2D eigenvalue weighted by Gasteiger charge is 2.04. The largest absolute Gasteiger partial charge is 0.491 e. The van der Waals surface area contributed by atoms with Crippen LogP contribution in [0.15, 0.2) is 18.2 Å². The highest BCUT2D eigenvalue weighted by Crippen LogP contribution is 2.27. The first kappa shape index (κ1) is 19.3. The van der Waals surface area contributed by atoms with Crippen molar-refractivity contribution in [3.63, 3.8) is 0 Å². The number of hydrogen-bond donors (Lipinski definition) is 2. The van der Waals surface area contributed by atoms with Gasteiger partial charge < -0.3 is 15.4 Å². The van der Waals surface area contributed by atoms with Gasteiger partial charge in [-0.2, -0.15) is 0 Å². The molecule has 0 saturated carbocycles. The fraction of sp³-hybridized carbons (Fsp3) is 0.462. The summed E-state index contributed by atoms with van der Waals surface area (Å²) in [5, 5.41) is 6.91. The lowest BCUT2D eigenvalue weighted by Gasteiger charge is -2.09. The zero-order valence-corrected chi connectivity index (χ0v) is 13.6. The average Bonchev–Trinajstić information content (AvgIpc) is 2.37. The summed E-state index contributed by atoms with van der Waals surface area (Å²) >= 11 is 11.7. The van der Waals surface area contributed by atoms with Crippen LogP contribution in [0.25, 0.3) is 0 Å². The van der Waals surface area contributed by atoms with Crippen LogP contribution in [0.3, 0.4) is 0 Å². The molecule has 0 spiro atoms. The van der Waals surface area contributed by atoms with Gasteiger partial charge in [0.1, 0.15) is 5.75 Å². The third-order valence-corrected chi connectivity index (χ3v) is 2.89. The van der Waals surface area contributed by atoms with Gasteiger partial charge in [-0.05, 0) is 24.7 Å². The molecule has 0 radical (unpaired) electrons. The molecule has 1 aromatic rings. The number of nitrogens with one attached hydrogen (secondary N) is 2. The molecular formula is C13H19Cl3N2O2. The van der Waals surface area contributed by atoms with Gasteiger partial charge >= 0.3 is 0 Å². The van der Waals surface area contributed by atoms with Crippen LogP contribution in [0.4, 0.5) is 0 Å². The molecule has 0 aliphatic carbocycles. The lowest BCUT2D eigenvalue weighted by Crippen LogP contribution is -2.32. The molecule has 4 nitrogen and oxygen atoms in total. The Morgan fingerprint density at radius 3 is 2.70 bits per heavy atom. The molecule has 1 rings (SSSR count). The number of carbonyl (C=O) groups excluding carboxylic acids is 1. The first-order chi connectivity index (χ1) is 9.13. The predicted molar refractivity (Wildman–Crippen MR) is 85.4 cm³/mol. The van der Waals surface area contributed by atoms with Crippen LogP contribution < -0.4 is 15.4 Å². The van der Waals surface area contributed by atoms with Gasteiger partial charge in [0.15, 0.2) is 0 Å². The Balaban J connectivity index is 0.00000361. The molecule has 1 amide bonds. The maximum atomic E-state index is 11.5. The van der Waals surface area contributed by atoms with E-state index in [-0.39, 0.29) is 24.9 Å². The van der Waals surface area contributed by atoms with Crippen LogP contribution in [-0.2, 0) is 4.79 Å². The molecule has 1 aromatic carbocycles. The lowest BCUT2D eigenvalue weighted by molar-refractivity contribution is -0.121. The van der Waals surface area contributed by atoms with Crippen LogP contribution >= 0.6 is 35.6 Å². The third-order valence-electron chi connectivity index (χ3n) is 2.35. The van der Waals surface area contributed by atoms with Crippen molar-refractivity contribution in [1.29, 1.82) is 0 Å². The Labute approximate surface area is 135 Å². The number of halogens is 3. The molecule has 114 valence electrons. The van der Waals surface area contributed by atoms with Gasteiger partial charge in [0, 0.05) is 18.1 Å². The summed E-state index contributed by atoms with van der Waals surface area (Å²) in [6, 6.07) is 4.99. The molecule has 0 aromatic heterocycles. The monoisotopic (exact) mass is 340 g/mol.